The first-order valence-electron chi connectivity index (χ1n) is 8.64. The van der Waals surface area contributed by atoms with E-state index in [-0.39, 0.29) is 11.6 Å². The number of oxazole rings is 1. The van der Waals surface area contributed by atoms with Gasteiger partial charge in [0, 0.05) is 35.0 Å². The van der Waals surface area contributed by atoms with E-state index in [0.717, 1.165) is 5.56 Å². The normalized spacial score (nSPS) is 10.7. The molecule has 0 aliphatic heterocycles. The Labute approximate surface area is 164 Å². The number of hydrogen-bond donors (Lipinski definition) is 1. The Bertz CT molecular complexity index is 1200. The largest absolute Gasteiger partial charge is 0.497 e. The fourth-order valence-corrected chi connectivity index (χ4v) is 2.79. The van der Waals surface area contributed by atoms with Crippen molar-refractivity contribution in [3.8, 4) is 17.2 Å². The van der Waals surface area contributed by atoms with Crippen LogP contribution in [0.3, 0.4) is 0 Å². The number of carbonyl (C=O) groups excluding carboxylic acids is 1. The van der Waals surface area contributed by atoms with Crippen LogP contribution in [0.4, 0.5) is 11.4 Å². The van der Waals surface area contributed by atoms with Gasteiger partial charge in [-0.3, -0.25) is 14.9 Å². The number of anilines is 1. The third kappa shape index (κ3) is 3.77. The lowest BCUT2D eigenvalue weighted by Crippen LogP contribution is -2.11. The Balaban J connectivity index is 1.50. The standard InChI is InChI=1S/C21H15N3O5/c1-28-17-10-11-19-18(12-17)23-21(29-19)14-2-6-15(7-3-14)22-20(25)13-4-8-16(9-5-13)24(26)27/h2-12H,1H3,(H,22,25). The number of non-ortho nitro benzene ring substituents is 1. The second kappa shape index (κ2) is 7.43. The molecule has 144 valence electrons. The van der Waals surface area contributed by atoms with Gasteiger partial charge in [0.2, 0.25) is 5.89 Å². The van der Waals surface area contributed by atoms with E-state index in [4.69, 9.17) is 9.15 Å². The van der Waals surface area contributed by atoms with Crippen molar-refractivity contribution in [1.29, 1.82) is 0 Å². The van der Waals surface area contributed by atoms with Crippen molar-refractivity contribution in [3.05, 3.63) is 82.4 Å². The molecule has 0 radical (unpaired) electrons. The summed E-state index contributed by atoms with van der Waals surface area (Å²) in [5.74, 6) is 0.796. The van der Waals surface area contributed by atoms with Gasteiger partial charge in [-0.15, -0.1) is 0 Å². The van der Waals surface area contributed by atoms with Crippen molar-refractivity contribution >= 4 is 28.4 Å². The maximum atomic E-state index is 12.3. The van der Waals surface area contributed by atoms with Crippen LogP contribution in [-0.2, 0) is 0 Å². The third-order valence-corrected chi connectivity index (χ3v) is 4.32. The lowest BCUT2D eigenvalue weighted by Gasteiger charge is -2.05. The number of nitrogens with one attached hydrogen (secondary N) is 1. The topological polar surface area (TPSA) is 108 Å². The lowest BCUT2D eigenvalue weighted by atomic mass is 10.1. The minimum Gasteiger partial charge on any atom is -0.497 e. The van der Waals surface area contributed by atoms with Crippen LogP contribution in [-0.4, -0.2) is 22.9 Å². The number of nitro groups is 1. The van der Waals surface area contributed by atoms with Gasteiger partial charge in [0.25, 0.3) is 11.6 Å². The van der Waals surface area contributed by atoms with E-state index in [0.29, 0.717) is 34.0 Å². The Morgan fingerprint density at radius 2 is 1.79 bits per heavy atom. The average molecular weight is 389 g/mol. The Hall–Kier alpha value is -4.20. The molecule has 0 atom stereocenters. The van der Waals surface area contributed by atoms with Gasteiger partial charge in [0.15, 0.2) is 5.58 Å². The highest BCUT2D eigenvalue weighted by molar-refractivity contribution is 6.04. The summed E-state index contributed by atoms with van der Waals surface area (Å²) in [5.41, 5.74) is 2.93. The number of nitro benzene ring substituents is 1. The van der Waals surface area contributed by atoms with Crippen molar-refractivity contribution < 1.29 is 18.9 Å². The van der Waals surface area contributed by atoms with Crippen molar-refractivity contribution in [2.75, 3.05) is 12.4 Å². The first-order chi connectivity index (χ1) is 14.0. The molecule has 0 aliphatic rings. The number of amides is 1. The molecule has 4 rings (SSSR count). The van der Waals surface area contributed by atoms with Crippen LogP contribution in [0.5, 0.6) is 5.75 Å². The van der Waals surface area contributed by atoms with E-state index in [1.165, 1.54) is 24.3 Å². The van der Waals surface area contributed by atoms with Crippen molar-refractivity contribution in [3.63, 3.8) is 0 Å². The summed E-state index contributed by atoms with van der Waals surface area (Å²) in [6, 6.07) is 17.8. The van der Waals surface area contributed by atoms with Gasteiger partial charge in [-0.05, 0) is 48.5 Å². The molecule has 1 heterocycles. The molecule has 1 amide bonds. The van der Waals surface area contributed by atoms with Gasteiger partial charge in [0.05, 0.1) is 12.0 Å². The van der Waals surface area contributed by atoms with Crippen molar-refractivity contribution in [2.24, 2.45) is 0 Å². The SMILES string of the molecule is COc1ccc2oc(-c3ccc(NC(=O)c4ccc([N+](=O)[O-])cc4)cc3)nc2c1. The van der Waals surface area contributed by atoms with Crippen LogP contribution in [0, 0.1) is 10.1 Å². The number of carbonyl (C=O) groups is 1. The van der Waals surface area contributed by atoms with Crippen LogP contribution >= 0.6 is 0 Å². The number of nitrogens with zero attached hydrogens (tertiary/aromatic N) is 2. The second-order valence-corrected chi connectivity index (χ2v) is 6.19. The van der Waals surface area contributed by atoms with Crippen molar-refractivity contribution in [1.82, 2.24) is 4.98 Å². The molecule has 0 saturated heterocycles. The van der Waals surface area contributed by atoms with Gasteiger partial charge in [0.1, 0.15) is 11.3 Å². The van der Waals surface area contributed by atoms with E-state index >= 15 is 0 Å². The Morgan fingerprint density at radius 3 is 2.45 bits per heavy atom. The Kier molecular flexibility index (Phi) is 4.66. The first-order valence-corrected chi connectivity index (χ1v) is 8.64. The zero-order valence-corrected chi connectivity index (χ0v) is 15.3. The predicted molar refractivity (Wildman–Crippen MR) is 107 cm³/mol. The number of ether oxygens (including phenoxy) is 1. The molecule has 3 aromatic carbocycles. The van der Waals surface area contributed by atoms with Gasteiger partial charge in [-0.1, -0.05) is 0 Å². The van der Waals surface area contributed by atoms with Crippen molar-refractivity contribution in [2.45, 2.75) is 0 Å². The summed E-state index contributed by atoms with van der Waals surface area (Å²) >= 11 is 0. The predicted octanol–water partition coefficient (Wildman–Crippen LogP) is 4.66. The summed E-state index contributed by atoms with van der Waals surface area (Å²) < 4.78 is 11.0. The molecule has 8 nitrogen and oxygen atoms in total. The average Bonchev–Trinajstić information content (AvgIpc) is 3.17. The summed E-state index contributed by atoms with van der Waals surface area (Å²) in [6.45, 7) is 0. The van der Waals surface area contributed by atoms with Crippen LogP contribution in [0.2, 0.25) is 0 Å². The molecule has 0 spiro atoms. The fourth-order valence-electron chi connectivity index (χ4n) is 2.79. The molecule has 8 heteroatoms. The summed E-state index contributed by atoms with van der Waals surface area (Å²) in [6.07, 6.45) is 0. The van der Waals surface area contributed by atoms with Gasteiger partial charge in [-0.2, -0.15) is 0 Å². The third-order valence-electron chi connectivity index (χ3n) is 4.32. The highest BCUT2D eigenvalue weighted by Gasteiger charge is 2.12. The van der Waals surface area contributed by atoms with Crippen LogP contribution in [0.15, 0.2) is 71.1 Å². The van der Waals surface area contributed by atoms with Gasteiger partial charge in [-0.25, -0.2) is 4.98 Å². The molecule has 29 heavy (non-hydrogen) atoms. The van der Waals surface area contributed by atoms with E-state index in [1.54, 1.807) is 49.6 Å². The highest BCUT2D eigenvalue weighted by atomic mass is 16.6. The molecule has 1 aromatic heterocycles. The number of aromatic nitrogens is 1. The van der Waals surface area contributed by atoms with E-state index in [2.05, 4.69) is 10.3 Å². The number of hydrogen-bond acceptors (Lipinski definition) is 6. The summed E-state index contributed by atoms with van der Waals surface area (Å²) in [4.78, 5) is 27.0. The fraction of sp³-hybridized carbons (Fsp3) is 0.0476. The van der Waals surface area contributed by atoms with E-state index < -0.39 is 4.92 Å². The molecule has 1 N–H and O–H groups in total. The quantitative estimate of drug-likeness (QED) is 0.393. The molecule has 0 unspecified atom stereocenters. The summed E-state index contributed by atoms with van der Waals surface area (Å²) in [5, 5.41) is 13.4. The van der Waals surface area contributed by atoms with Crippen LogP contribution in [0.1, 0.15) is 10.4 Å². The molecule has 0 fully saturated rings. The molecule has 0 aliphatic carbocycles. The number of benzene rings is 3. The number of fused-ring (bicyclic) bond motifs is 1. The van der Waals surface area contributed by atoms with E-state index in [9.17, 15) is 14.9 Å². The number of rotatable bonds is 5. The molecule has 4 aromatic rings. The molecular formula is C21H15N3O5. The minimum atomic E-state index is -0.511. The molecule has 0 bridgehead atoms. The Morgan fingerprint density at radius 1 is 1.07 bits per heavy atom. The zero-order chi connectivity index (χ0) is 20.4. The van der Waals surface area contributed by atoms with Gasteiger partial charge >= 0.3 is 0 Å². The smallest absolute Gasteiger partial charge is 0.269 e. The monoisotopic (exact) mass is 389 g/mol. The molecule has 0 saturated carbocycles. The van der Waals surface area contributed by atoms with Crippen LogP contribution < -0.4 is 10.1 Å². The second-order valence-electron chi connectivity index (χ2n) is 6.19. The van der Waals surface area contributed by atoms with Crippen LogP contribution in [0.25, 0.3) is 22.6 Å². The maximum Gasteiger partial charge on any atom is 0.269 e. The number of methoxy groups -OCH3 is 1. The highest BCUT2D eigenvalue weighted by Crippen LogP contribution is 2.27. The molecular weight excluding hydrogens is 374 g/mol. The van der Waals surface area contributed by atoms with Gasteiger partial charge < -0.3 is 14.5 Å². The zero-order valence-electron chi connectivity index (χ0n) is 15.3. The first kappa shape index (κ1) is 18.2. The lowest BCUT2D eigenvalue weighted by molar-refractivity contribution is -0.384. The summed E-state index contributed by atoms with van der Waals surface area (Å²) in [7, 11) is 1.59. The van der Waals surface area contributed by atoms with E-state index in [1.807, 2.05) is 0 Å². The minimum absolute atomic E-state index is 0.0677. The maximum absolute atomic E-state index is 12.3.